The van der Waals surface area contributed by atoms with Crippen LogP contribution in [0.5, 0.6) is 0 Å². The van der Waals surface area contributed by atoms with E-state index < -0.39 is 0 Å². The number of piperidine rings is 1. The lowest BCUT2D eigenvalue weighted by molar-refractivity contribution is -0.123. The quantitative estimate of drug-likeness (QED) is 0.551. The van der Waals surface area contributed by atoms with Crippen LogP contribution in [-0.2, 0) is 9.59 Å². The number of carbonyl (C=O) groups excluding carboxylic acids is 2. The molecule has 27 heavy (non-hydrogen) atoms. The van der Waals surface area contributed by atoms with E-state index in [2.05, 4.69) is 18.4 Å². The van der Waals surface area contributed by atoms with Crippen LogP contribution in [0.3, 0.4) is 0 Å². The molecule has 0 bridgehead atoms. The van der Waals surface area contributed by atoms with E-state index in [4.69, 9.17) is 0 Å². The molecule has 1 amide bonds. The number of likely N-dealkylation sites (tertiary alicyclic amines) is 2. The Labute approximate surface area is 162 Å². The lowest BCUT2D eigenvalue weighted by Crippen LogP contribution is -2.46. The van der Waals surface area contributed by atoms with Gasteiger partial charge >= 0.3 is 0 Å². The maximum Gasteiger partial charge on any atom is 0.209 e. The second-order valence-electron chi connectivity index (χ2n) is 7.60. The van der Waals surface area contributed by atoms with Crippen LogP contribution in [0.15, 0.2) is 48.5 Å². The van der Waals surface area contributed by atoms with E-state index in [0.717, 1.165) is 50.9 Å². The van der Waals surface area contributed by atoms with Crippen molar-refractivity contribution in [3.8, 4) is 0 Å². The number of ketones is 1. The number of allylic oxidation sites excluding steroid dienone is 6. The Bertz CT molecular complexity index is 638. The molecule has 4 nitrogen and oxygen atoms in total. The summed E-state index contributed by atoms with van der Waals surface area (Å²) in [5.74, 6) is 1.53. The first-order valence-electron chi connectivity index (χ1n) is 9.75. The van der Waals surface area contributed by atoms with E-state index in [9.17, 15) is 14.0 Å². The lowest BCUT2D eigenvalue weighted by atomic mass is 9.83. The topological polar surface area (TPSA) is 40.6 Å². The molecule has 2 aliphatic heterocycles. The molecule has 0 N–H and O–H groups in total. The minimum atomic E-state index is 0.277. The van der Waals surface area contributed by atoms with E-state index in [1.54, 1.807) is 19.1 Å². The highest BCUT2D eigenvalue weighted by Crippen LogP contribution is 2.37. The second-order valence-corrected chi connectivity index (χ2v) is 7.60. The molecule has 3 aliphatic rings. The second kappa shape index (κ2) is 10.2. The molecule has 148 valence electrons. The number of fused-ring (bicyclic) bond motifs is 1. The normalized spacial score (nSPS) is 28.4. The monoisotopic (exact) mass is 374 g/mol. The van der Waals surface area contributed by atoms with Gasteiger partial charge in [-0.3, -0.25) is 9.59 Å². The van der Waals surface area contributed by atoms with Gasteiger partial charge in [-0.2, -0.15) is 0 Å². The maximum atomic E-state index is 11.5. The molecule has 0 saturated carbocycles. The Kier molecular flexibility index (Phi) is 8.01. The first-order chi connectivity index (χ1) is 13.0. The molecule has 2 heterocycles. The first kappa shape index (κ1) is 21.1. The molecule has 0 unspecified atom stereocenters. The van der Waals surface area contributed by atoms with Gasteiger partial charge < -0.3 is 9.80 Å². The summed E-state index contributed by atoms with van der Waals surface area (Å²) in [6.07, 6.45) is 11.9. The van der Waals surface area contributed by atoms with Crippen molar-refractivity contribution in [3.63, 3.8) is 0 Å². The largest absolute Gasteiger partial charge is 0.374 e. The summed E-state index contributed by atoms with van der Waals surface area (Å²) in [5.41, 5.74) is 2.10. The van der Waals surface area contributed by atoms with Crippen LogP contribution in [0.4, 0.5) is 4.39 Å². The van der Waals surface area contributed by atoms with Gasteiger partial charge in [-0.1, -0.05) is 18.7 Å². The summed E-state index contributed by atoms with van der Waals surface area (Å²) < 4.78 is 11.3. The summed E-state index contributed by atoms with van der Waals surface area (Å²) in [6, 6.07) is 0.334. The van der Waals surface area contributed by atoms with Gasteiger partial charge in [0.1, 0.15) is 0 Å². The van der Waals surface area contributed by atoms with Crippen LogP contribution in [0.2, 0.25) is 0 Å². The summed E-state index contributed by atoms with van der Waals surface area (Å²) >= 11 is 0. The molecular formula is C22H31FN2O2. The third kappa shape index (κ3) is 5.65. The van der Waals surface area contributed by atoms with E-state index >= 15 is 0 Å². The highest BCUT2D eigenvalue weighted by Gasteiger charge is 2.41. The molecule has 2 saturated heterocycles. The summed E-state index contributed by atoms with van der Waals surface area (Å²) in [6.45, 7) is 10.4. The highest BCUT2D eigenvalue weighted by molar-refractivity contribution is 5.91. The Morgan fingerprint density at radius 1 is 1.33 bits per heavy atom. The molecule has 3 atom stereocenters. The molecule has 0 spiro atoms. The van der Waals surface area contributed by atoms with Crippen LogP contribution in [-0.4, -0.2) is 47.7 Å². The Hall–Kier alpha value is -2.17. The zero-order valence-corrected chi connectivity index (χ0v) is 16.4. The fraction of sp³-hybridized carbons (Fsp3) is 0.545. The number of halogens is 1. The lowest BCUT2D eigenvalue weighted by Gasteiger charge is -2.38. The number of hydrogen-bond donors (Lipinski definition) is 0. The maximum absolute atomic E-state index is 11.5. The third-order valence-corrected chi connectivity index (χ3v) is 5.82. The van der Waals surface area contributed by atoms with Gasteiger partial charge in [0.2, 0.25) is 6.41 Å². The van der Waals surface area contributed by atoms with E-state index in [0.29, 0.717) is 30.6 Å². The van der Waals surface area contributed by atoms with E-state index in [1.807, 2.05) is 11.0 Å². The van der Waals surface area contributed by atoms with Crippen molar-refractivity contribution >= 4 is 12.2 Å². The van der Waals surface area contributed by atoms with Gasteiger partial charge in [-0.15, -0.1) is 0 Å². The van der Waals surface area contributed by atoms with Crippen molar-refractivity contribution in [2.45, 2.75) is 45.6 Å². The minimum absolute atomic E-state index is 0.277. The number of rotatable bonds is 4. The predicted molar refractivity (Wildman–Crippen MR) is 107 cm³/mol. The fourth-order valence-corrected chi connectivity index (χ4v) is 4.26. The number of nitrogens with zero attached hydrogens (tertiary/aromatic N) is 2. The van der Waals surface area contributed by atoms with Crippen molar-refractivity contribution < 1.29 is 14.0 Å². The van der Waals surface area contributed by atoms with Gasteiger partial charge in [0, 0.05) is 49.8 Å². The molecule has 1 aliphatic carbocycles. The summed E-state index contributed by atoms with van der Waals surface area (Å²) in [4.78, 5) is 26.9. The average molecular weight is 375 g/mol. The molecule has 3 rings (SSSR count). The Balaban J connectivity index is 0.000000279. The molecular weight excluding hydrogens is 343 g/mol. The zero-order chi connectivity index (χ0) is 19.8. The Morgan fingerprint density at radius 3 is 2.74 bits per heavy atom. The van der Waals surface area contributed by atoms with Crippen LogP contribution >= 0.6 is 0 Å². The van der Waals surface area contributed by atoms with Crippen molar-refractivity contribution in [1.29, 1.82) is 0 Å². The van der Waals surface area contributed by atoms with Crippen LogP contribution in [0, 0.1) is 11.8 Å². The van der Waals surface area contributed by atoms with Gasteiger partial charge in [0.15, 0.2) is 5.78 Å². The van der Waals surface area contributed by atoms with Crippen LogP contribution < -0.4 is 0 Å². The molecule has 5 heteroatoms. The van der Waals surface area contributed by atoms with Crippen molar-refractivity contribution in [2.24, 2.45) is 11.8 Å². The van der Waals surface area contributed by atoms with Crippen LogP contribution in [0.1, 0.15) is 39.5 Å². The molecule has 0 aromatic rings. The Morgan fingerprint density at radius 2 is 2.11 bits per heavy atom. The average Bonchev–Trinajstić information content (AvgIpc) is 3.08. The number of carbonyl (C=O) groups is 2. The van der Waals surface area contributed by atoms with Gasteiger partial charge in [-0.05, 0) is 50.7 Å². The molecule has 0 radical (unpaired) electrons. The number of amides is 1. The van der Waals surface area contributed by atoms with Crippen molar-refractivity contribution in [3.05, 3.63) is 48.5 Å². The first-order valence-corrected chi connectivity index (χ1v) is 9.75. The fourth-order valence-electron chi connectivity index (χ4n) is 4.26. The van der Waals surface area contributed by atoms with E-state index in [1.165, 1.54) is 11.8 Å². The predicted octanol–water partition coefficient (Wildman–Crippen LogP) is 4.02. The highest BCUT2D eigenvalue weighted by atomic mass is 19.1. The summed E-state index contributed by atoms with van der Waals surface area (Å²) in [7, 11) is 0. The SMILES string of the molecule is C=C/C=C(C)\C=C\F.C[C@H]1[C@@H]2CN(C3=CC(=O)CCC3)C[C@H]2CCN1C=O. The minimum Gasteiger partial charge on any atom is -0.374 e. The van der Waals surface area contributed by atoms with Crippen molar-refractivity contribution in [1.82, 2.24) is 9.80 Å². The molecule has 2 fully saturated rings. The van der Waals surface area contributed by atoms with Crippen molar-refractivity contribution in [2.75, 3.05) is 19.6 Å². The number of hydrogen-bond acceptors (Lipinski definition) is 3. The smallest absolute Gasteiger partial charge is 0.209 e. The van der Waals surface area contributed by atoms with Gasteiger partial charge in [-0.25, -0.2) is 4.39 Å². The summed E-state index contributed by atoms with van der Waals surface area (Å²) in [5, 5.41) is 0. The van der Waals surface area contributed by atoms with E-state index in [-0.39, 0.29) is 5.78 Å². The van der Waals surface area contributed by atoms with Gasteiger partial charge in [0.05, 0.1) is 6.33 Å². The standard InChI is InChI=1S/C15H22N2O2.C7H9F/c1-11-15-9-17(13-3-2-4-14(19)7-13)8-12(15)5-6-16(11)10-18;1-3-4-7(2)5-6-8/h7,10-12,15H,2-6,8-9H2,1H3;3-6H,1H2,2H3/b;6-5+,7-4-/t11-,12+,15-;/m0./s1. The molecule has 0 aromatic carbocycles. The van der Waals surface area contributed by atoms with Gasteiger partial charge in [0.25, 0.3) is 0 Å². The molecule has 0 aromatic heterocycles. The zero-order valence-electron chi connectivity index (χ0n) is 16.4. The third-order valence-electron chi connectivity index (χ3n) is 5.82. The van der Waals surface area contributed by atoms with Crippen LogP contribution in [0.25, 0.3) is 0 Å².